The van der Waals surface area contributed by atoms with E-state index < -0.39 is 0 Å². The number of hydrogen-bond donors (Lipinski definition) is 0. The summed E-state index contributed by atoms with van der Waals surface area (Å²) in [4.78, 5) is 0. The Morgan fingerprint density at radius 2 is 1.53 bits per heavy atom. The maximum absolute atomic E-state index is 5.53. The minimum Gasteiger partial charge on any atom is -0.491 e. The highest BCUT2D eigenvalue weighted by Crippen LogP contribution is 2.15. The van der Waals surface area contributed by atoms with Crippen molar-refractivity contribution >= 4 is 0 Å². The van der Waals surface area contributed by atoms with Gasteiger partial charge in [0.05, 0.1) is 19.8 Å². The average molecular weight is 246 g/mol. The molecule has 0 atom stereocenters. The summed E-state index contributed by atoms with van der Waals surface area (Å²) in [6.45, 7) is 10.1. The van der Waals surface area contributed by atoms with E-state index >= 15 is 0 Å². The summed E-state index contributed by atoms with van der Waals surface area (Å²) in [6, 6.07) is 0. The molecule has 0 amide bonds. The largest absolute Gasteiger partial charge is 0.491 e. The lowest BCUT2D eigenvalue weighted by Gasteiger charge is -2.15. The lowest BCUT2D eigenvalue weighted by Crippen LogP contribution is -2.08. The Balaban J connectivity index is 4.33. The molecule has 0 fully saturated rings. The standard InChI is InChI=1S/C13H26O4/c1-5-9-12(15-7-3)13(16-8-4)17-11-14-10-6-2/h5-11H2,1-4H3/b13-12-. The van der Waals surface area contributed by atoms with Crippen molar-refractivity contribution in [1.82, 2.24) is 0 Å². The summed E-state index contributed by atoms with van der Waals surface area (Å²) >= 11 is 0. The number of allylic oxidation sites excluding steroid dienone is 1. The maximum Gasteiger partial charge on any atom is 0.321 e. The van der Waals surface area contributed by atoms with Gasteiger partial charge in [0.25, 0.3) is 0 Å². The molecule has 4 heteroatoms. The van der Waals surface area contributed by atoms with Crippen LogP contribution in [0.2, 0.25) is 0 Å². The van der Waals surface area contributed by atoms with Gasteiger partial charge >= 0.3 is 5.95 Å². The van der Waals surface area contributed by atoms with Gasteiger partial charge in [-0.15, -0.1) is 0 Å². The van der Waals surface area contributed by atoms with Crippen LogP contribution in [0, 0.1) is 0 Å². The summed E-state index contributed by atoms with van der Waals surface area (Å²) in [5.74, 6) is 1.24. The zero-order chi connectivity index (χ0) is 12.9. The number of rotatable bonds is 11. The van der Waals surface area contributed by atoms with E-state index in [1.165, 1.54) is 0 Å². The summed E-state index contributed by atoms with van der Waals surface area (Å²) in [6.07, 6.45) is 2.78. The number of hydrogen-bond acceptors (Lipinski definition) is 4. The topological polar surface area (TPSA) is 36.9 Å². The first kappa shape index (κ1) is 16.1. The van der Waals surface area contributed by atoms with E-state index in [9.17, 15) is 0 Å². The highest BCUT2D eigenvalue weighted by molar-refractivity contribution is 4.94. The van der Waals surface area contributed by atoms with Crippen molar-refractivity contribution < 1.29 is 18.9 Å². The molecule has 0 aromatic carbocycles. The molecule has 0 aromatic rings. The Hall–Kier alpha value is -0.900. The van der Waals surface area contributed by atoms with Crippen molar-refractivity contribution in [2.75, 3.05) is 26.6 Å². The van der Waals surface area contributed by atoms with Crippen LogP contribution in [0.15, 0.2) is 11.7 Å². The first-order valence-corrected chi connectivity index (χ1v) is 6.49. The first-order chi connectivity index (χ1) is 8.29. The Bertz CT molecular complexity index is 194. The Morgan fingerprint density at radius 3 is 2.06 bits per heavy atom. The van der Waals surface area contributed by atoms with E-state index in [1.54, 1.807) is 0 Å². The van der Waals surface area contributed by atoms with E-state index in [2.05, 4.69) is 13.8 Å². The zero-order valence-electron chi connectivity index (χ0n) is 11.6. The predicted molar refractivity (Wildman–Crippen MR) is 67.4 cm³/mol. The van der Waals surface area contributed by atoms with Crippen LogP contribution >= 0.6 is 0 Å². The third-order valence-electron chi connectivity index (χ3n) is 1.92. The molecule has 0 N–H and O–H groups in total. The van der Waals surface area contributed by atoms with E-state index in [-0.39, 0.29) is 6.79 Å². The summed E-state index contributed by atoms with van der Waals surface area (Å²) in [7, 11) is 0. The first-order valence-electron chi connectivity index (χ1n) is 6.49. The molecule has 0 spiro atoms. The summed E-state index contributed by atoms with van der Waals surface area (Å²) in [5.41, 5.74) is 0. The van der Waals surface area contributed by atoms with Gasteiger partial charge in [-0.25, -0.2) is 0 Å². The molecule has 0 rings (SSSR count). The minimum absolute atomic E-state index is 0.212. The van der Waals surface area contributed by atoms with Gasteiger partial charge in [-0.1, -0.05) is 13.8 Å². The van der Waals surface area contributed by atoms with Crippen LogP contribution < -0.4 is 0 Å². The molecule has 0 saturated carbocycles. The van der Waals surface area contributed by atoms with Crippen molar-refractivity contribution in [3.63, 3.8) is 0 Å². The molecular formula is C13H26O4. The van der Waals surface area contributed by atoms with Gasteiger partial charge in [0.1, 0.15) is 0 Å². The zero-order valence-corrected chi connectivity index (χ0v) is 11.6. The molecule has 0 aliphatic carbocycles. The van der Waals surface area contributed by atoms with Gasteiger partial charge < -0.3 is 18.9 Å². The molecule has 0 radical (unpaired) electrons. The fourth-order valence-corrected chi connectivity index (χ4v) is 1.27. The average Bonchev–Trinajstić information content (AvgIpc) is 2.33. The normalized spacial score (nSPS) is 12.0. The molecule has 0 saturated heterocycles. The predicted octanol–water partition coefficient (Wildman–Crippen LogP) is 3.43. The lowest BCUT2D eigenvalue weighted by atomic mass is 10.3. The monoisotopic (exact) mass is 246 g/mol. The third kappa shape index (κ3) is 7.91. The molecule has 0 aliphatic rings. The third-order valence-corrected chi connectivity index (χ3v) is 1.92. The summed E-state index contributed by atoms with van der Waals surface area (Å²) < 4.78 is 21.7. The Kier molecular flexibility index (Phi) is 11.0. The highest BCUT2D eigenvalue weighted by atomic mass is 16.7. The second kappa shape index (κ2) is 11.6. The molecule has 17 heavy (non-hydrogen) atoms. The van der Waals surface area contributed by atoms with Gasteiger partial charge in [0.15, 0.2) is 12.6 Å². The van der Waals surface area contributed by atoms with E-state index in [0.29, 0.717) is 25.8 Å². The lowest BCUT2D eigenvalue weighted by molar-refractivity contribution is -0.0814. The van der Waals surface area contributed by atoms with Gasteiger partial charge in [-0.3, -0.25) is 0 Å². The Labute approximate surface area is 105 Å². The second-order valence-electron chi connectivity index (χ2n) is 3.50. The fourth-order valence-electron chi connectivity index (χ4n) is 1.27. The van der Waals surface area contributed by atoms with Crippen LogP contribution in [0.3, 0.4) is 0 Å². The van der Waals surface area contributed by atoms with Crippen LogP contribution in [0.1, 0.15) is 47.0 Å². The quantitative estimate of drug-likeness (QED) is 0.318. The fraction of sp³-hybridized carbons (Fsp3) is 0.846. The van der Waals surface area contributed by atoms with E-state index in [0.717, 1.165) is 25.0 Å². The molecule has 0 unspecified atom stereocenters. The SMILES string of the molecule is CCCOCO/C(OCC)=C(/CCC)OCC. The minimum atomic E-state index is 0.212. The van der Waals surface area contributed by atoms with E-state index in [4.69, 9.17) is 18.9 Å². The molecular weight excluding hydrogens is 220 g/mol. The summed E-state index contributed by atoms with van der Waals surface area (Å²) in [5, 5.41) is 0. The van der Waals surface area contributed by atoms with Crippen LogP contribution in [0.4, 0.5) is 0 Å². The van der Waals surface area contributed by atoms with Crippen LogP contribution in [-0.4, -0.2) is 26.6 Å². The van der Waals surface area contributed by atoms with E-state index in [1.807, 2.05) is 13.8 Å². The van der Waals surface area contributed by atoms with Crippen molar-refractivity contribution in [3.05, 3.63) is 11.7 Å². The van der Waals surface area contributed by atoms with Crippen LogP contribution in [0.25, 0.3) is 0 Å². The van der Waals surface area contributed by atoms with Gasteiger partial charge in [-0.2, -0.15) is 0 Å². The van der Waals surface area contributed by atoms with Gasteiger partial charge in [0.2, 0.25) is 0 Å². The van der Waals surface area contributed by atoms with Gasteiger partial charge in [0, 0.05) is 6.42 Å². The maximum atomic E-state index is 5.53. The van der Waals surface area contributed by atoms with Gasteiger partial charge in [-0.05, 0) is 26.7 Å². The molecule has 0 aliphatic heterocycles. The smallest absolute Gasteiger partial charge is 0.321 e. The van der Waals surface area contributed by atoms with Crippen molar-refractivity contribution in [3.8, 4) is 0 Å². The molecule has 0 aromatic heterocycles. The second-order valence-corrected chi connectivity index (χ2v) is 3.50. The highest BCUT2D eigenvalue weighted by Gasteiger charge is 2.10. The Morgan fingerprint density at radius 1 is 0.824 bits per heavy atom. The van der Waals surface area contributed by atoms with Crippen LogP contribution in [-0.2, 0) is 18.9 Å². The van der Waals surface area contributed by atoms with Crippen LogP contribution in [0.5, 0.6) is 0 Å². The van der Waals surface area contributed by atoms with Crippen molar-refractivity contribution in [2.24, 2.45) is 0 Å². The molecule has 0 bridgehead atoms. The molecule has 4 nitrogen and oxygen atoms in total. The van der Waals surface area contributed by atoms with Crippen molar-refractivity contribution in [2.45, 2.75) is 47.0 Å². The van der Waals surface area contributed by atoms with Crippen molar-refractivity contribution in [1.29, 1.82) is 0 Å². The molecule has 0 heterocycles. The molecule has 102 valence electrons. The number of ether oxygens (including phenoxy) is 4.